The normalized spacial score (nSPS) is 12.5. The molecule has 0 aliphatic carbocycles. The molecule has 1 radical (unpaired) electrons. The average Bonchev–Trinajstić information content (AvgIpc) is 3.46. The number of thiophene rings is 1. The summed E-state index contributed by atoms with van der Waals surface area (Å²) in [5.41, 5.74) is 6.98. The number of carbonyl (C=O) groups excluding carboxylic acids is 1. The summed E-state index contributed by atoms with van der Waals surface area (Å²) in [6, 6.07) is 25.8. The molecular formula is C46H58IrNO2S-. The van der Waals surface area contributed by atoms with Crippen molar-refractivity contribution in [1.29, 1.82) is 0 Å². The number of hydrogen-bond acceptors (Lipinski definition) is 4. The second-order valence-electron chi connectivity index (χ2n) is 15.7. The molecule has 0 aliphatic rings. The molecular weight excluding hydrogens is 823 g/mol. The first kappa shape index (κ1) is 42.3. The van der Waals surface area contributed by atoms with Gasteiger partial charge in [-0.15, -0.1) is 40.5 Å². The molecule has 3 aromatic carbocycles. The van der Waals surface area contributed by atoms with Crippen molar-refractivity contribution in [3.05, 3.63) is 101 Å². The van der Waals surface area contributed by atoms with Crippen molar-refractivity contribution in [2.75, 3.05) is 0 Å². The Morgan fingerprint density at radius 3 is 2.00 bits per heavy atom. The summed E-state index contributed by atoms with van der Waals surface area (Å²) in [7, 11) is 0. The molecule has 275 valence electrons. The topological polar surface area (TPSA) is 50.2 Å². The molecule has 0 saturated carbocycles. The summed E-state index contributed by atoms with van der Waals surface area (Å²) in [6.45, 7) is 25.6. The van der Waals surface area contributed by atoms with Crippen molar-refractivity contribution < 1.29 is 30.0 Å². The molecule has 0 saturated heterocycles. The Kier molecular flexibility index (Phi) is 14.2. The third-order valence-corrected chi connectivity index (χ3v) is 12.5. The molecule has 51 heavy (non-hydrogen) atoms. The van der Waals surface area contributed by atoms with Crippen LogP contribution in [0.4, 0.5) is 0 Å². The largest absolute Gasteiger partial charge is 0.512 e. The smallest absolute Gasteiger partial charge is 0.164 e. The van der Waals surface area contributed by atoms with Gasteiger partial charge >= 0.3 is 0 Å². The minimum absolute atomic E-state index is 0. The fourth-order valence-electron chi connectivity index (χ4n) is 6.28. The van der Waals surface area contributed by atoms with Crippen LogP contribution >= 0.6 is 11.3 Å². The number of hydrogen-bond donors (Lipinski definition) is 1. The predicted octanol–water partition coefficient (Wildman–Crippen LogP) is 14.0. The number of rotatable bonds is 10. The van der Waals surface area contributed by atoms with Gasteiger partial charge in [-0.3, -0.25) is 9.78 Å². The van der Waals surface area contributed by atoms with Crippen molar-refractivity contribution in [2.45, 2.75) is 120 Å². The van der Waals surface area contributed by atoms with Crippen LogP contribution in [0.5, 0.6) is 0 Å². The van der Waals surface area contributed by atoms with Gasteiger partial charge < -0.3 is 5.11 Å². The maximum absolute atomic E-state index is 12.2. The SMILES string of the molecule is CCC(C)(CC)C(=O)/C=C(\O)C(C)(CC)CC.Cc1c(-c2ccc(C(C)(C)C)cc2)sc2c(-c3[c-]c4ccccc4c(C(C)C)c3)nccc12.[Ir]. The molecule has 0 fully saturated rings. The van der Waals surface area contributed by atoms with Crippen LogP contribution in [0.25, 0.3) is 42.6 Å². The number of aryl methyl sites for hydroxylation is 1. The Hall–Kier alpha value is -3.11. The molecule has 0 unspecified atom stereocenters. The zero-order valence-corrected chi connectivity index (χ0v) is 36.1. The van der Waals surface area contributed by atoms with Crippen molar-refractivity contribution >= 4 is 38.0 Å². The van der Waals surface area contributed by atoms with E-state index in [0.717, 1.165) is 42.3 Å². The molecule has 2 aromatic heterocycles. The first-order chi connectivity index (χ1) is 23.5. The molecule has 1 N–H and O–H groups in total. The first-order valence-electron chi connectivity index (χ1n) is 18.4. The Labute approximate surface area is 325 Å². The summed E-state index contributed by atoms with van der Waals surface area (Å²) in [6.07, 6.45) is 6.70. The van der Waals surface area contributed by atoms with Gasteiger partial charge in [-0.2, -0.15) is 0 Å². The van der Waals surface area contributed by atoms with Crippen LogP contribution in [0, 0.1) is 23.8 Å². The van der Waals surface area contributed by atoms with Gasteiger partial charge in [-0.25, -0.2) is 0 Å². The van der Waals surface area contributed by atoms with Crippen LogP contribution in [0.3, 0.4) is 0 Å². The number of aliphatic hydroxyl groups excluding tert-OH is 1. The molecule has 5 heteroatoms. The summed E-state index contributed by atoms with van der Waals surface area (Å²) in [4.78, 5) is 18.4. The van der Waals surface area contributed by atoms with Crippen molar-refractivity contribution in [3.8, 4) is 21.7 Å². The van der Waals surface area contributed by atoms with Gasteiger partial charge in [-0.05, 0) is 72.1 Å². The van der Waals surface area contributed by atoms with E-state index in [2.05, 4.69) is 108 Å². The third kappa shape index (κ3) is 9.10. The van der Waals surface area contributed by atoms with E-state index in [1.54, 1.807) is 0 Å². The third-order valence-electron chi connectivity index (χ3n) is 11.2. The maximum atomic E-state index is 12.2. The number of pyridine rings is 1. The van der Waals surface area contributed by atoms with Gasteiger partial charge in [0, 0.05) is 58.5 Å². The van der Waals surface area contributed by atoms with E-state index in [4.69, 9.17) is 4.98 Å². The van der Waals surface area contributed by atoms with E-state index in [9.17, 15) is 9.90 Å². The van der Waals surface area contributed by atoms with E-state index in [1.165, 1.54) is 48.7 Å². The monoisotopic (exact) mass is 881 g/mol. The maximum Gasteiger partial charge on any atom is 0.164 e. The quantitative estimate of drug-likeness (QED) is 0.0864. The molecule has 5 aromatic rings. The van der Waals surface area contributed by atoms with Crippen molar-refractivity contribution in [1.82, 2.24) is 4.98 Å². The number of carbonyl (C=O) groups is 1. The fraction of sp³-hybridized carbons (Fsp3) is 0.435. The van der Waals surface area contributed by atoms with Gasteiger partial charge in [0.2, 0.25) is 0 Å². The number of ketones is 1. The van der Waals surface area contributed by atoms with Crippen LogP contribution < -0.4 is 0 Å². The Balaban J connectivity index is 0.000000335. The number of nitrogens with zero attached hydrogens (tertiary/aromatic N) is 1. The van der Waals surface area contributed by atoms with E-state index >= 15 is 0 Å². The second-order valence-corrected chi connectivity index (χ2v) is 16.7. The number of allylic oxidation sites excluding steroid dienone is 2. The van der Waals surface area contributed by atoms with Gasteiger partial charge in [0.15, 0.2) is 5.78 Å². The average molecular weight is 881 g/mol. The Morgan fingerprint density at radius 2 is 1.45 bits per heavy atom. The standard InChI is InChI=1S/C31H30NS.C15H28O2.Ir/c1-19(2)27-18-23(17-22-9-7-8-10-26(22)27)28-30-25(15-16-32-28)20(3)29(33-30)21-11-13-24(14-12-21)31(4,5)6;1-7-14(5,8-2)12(16)11-13(17)15(6,9-3)10-4;/h7-16,18-19H,1-6H3;11,16H,7-10H2,1-6H3;/q-1;;/b;12-11-;. The molecule has 0 spiro atoms. The second kappa shape index (κ2) is 17.1. The van der Waals surface area contributed by atoms with Crippen LogP contribution in [-0.4, -0.2) is 15.9 Å². The molecule has 0 bridgehead atoms. The predicted molar refractivity (Wildman–Crippen MR) is 217 cm³/mol. The molecule has 3 nitrogen and oxygen atoms in total. The molecule has 0 aliphatic heterocycles. The number of benzene rings is 3. The molecule has 5 rings (SSSR count). The summed E-state index contributed by atoms with van der Waals surface area (Å²) < 4.78 is 1.24. The molecule has 0 amide bonds. The van der Waals surface area contributed by atoms with Gasteiger partial charge in [0.25, 0.3) is 0 Å². The van der Waals surface area contributed by atoms with E-state index < -0.39 is 0 Å². The van der Waals surface area contributed by atoms with Gasteiger partial charge in [0.1, 0.15) is 5.76 Å². The minimum Gasteiger partial charge on any atom is -0.512 e. The van der Waals surface area contributed by atoms with Crippen LogP contribution in [0.15, 0.2) is 78.7 Å². The zero-order valence-electron chi connectivity index (χ0n) is 32.9. The summed E-state index contributed by atoms with van der Waals surface area (Å²) in [5, 5.41) is 13.9. The molecule has 2 heterocycles. The van der Waals surface area contributed by atoms with E-state index in [1.807, 2.05) is 59.1 Å². The number of aromatic nitrogens is 1. The zero-order chi connectivity index (χ0) is 37.0. The Morgan fingerprint density at radius 1 is 0.863 bits per heavy atom. The van der Waals surface area contributed by atoms with Crippen LogP contribution in [0.2, 0.25) is 0 Å². The van der Waals surface area contributed by atoms with E-state index in [0.29, 0.717) is 5.92 Å². The van der Waals surface area contributed by atoms with Gasteiger partial charge in [0.05, 0.1) is 0 Å². The van der Waals surface area contributed by atoms with Gasteiger partial charge in [-0.1, -0.05) is 130 Å². The molecule has 0 atom stereocenters. The van der Waals surface area contributed by atoms with Crippen molar-refractivity contribution in [2.24, 2.45) is 10.8 Å². The van der Waals surface area contributed by atoms with Crippen molar-refractivity contribution in [3.63, 3.8) is 0 Å². The van der Waals surface area contributed by atoms with Crippen LogP contribution in [0.1, 0.15) is 124 Å². The summed E-state index contributed by atoms with van der Waals surface area (Å²) >= 11 is 1.85. The minimum atomic E-state index is -0.337. The number of fused-ring (bicyclic) bond motifs is 2. The van der Waals surface area contributed by atoms with E-state index in [-0.39, 0.29) is 47.9 Å². The fourth-order valence-corrected chi connectivity index (χ4v) is 7.60. The number of aliphatic hydroxyl groups is 1. The van der Waals surface area contributed by atoms with Crippen LogP contribution in [-0.2, 0) is 30.3 Å². The first-order valence-corrected chi connectivity index (χ1v) is 19.2. The summed E-state index contributed by atoms with van der Waals surface area (Å²) in [5.74, 6) is 0.721. The Bertz CT molecular complexity index is 1970.